The third kappa shape index (κ3) is 4.32. The number of halogens is 1. The van der Waals surface area contributed by atoms with Crippen LogP contribution in [0.4, 0.5) is 4.39 Å². The van der Waals surface area contributed by atoms with Gasteiger partial charge in [-0.25, -0.2) is 4.39 Å². The number of hydrogen-bond donors (Lipinski definition) is 1. The van der Waals surface area contributed by atoms with E-state index in [-0.39, 0.29) is 24.7 Å². The van der Waals surface area contributed by atoms with Crippen LogP contribution in [-0.4, -0.2) is 10.9 Å². The summed E-state index contributed by atoms with van der Waals surface area (Å²) in [6.07, 6.45) is 2.65. The maximum Gasteiger partial charge on any atom is 0.287 e. The quantitative estimate of drug-likeness (QED) is 0.736. The first-order chi connectivity index (χ1) is 12.6. The number of nitrogens with zero attached hydrogens (tertiary/aromatic N) is 1. The summed E-state index contributed by atoms with van der Waals surface area (Å²) in [7, 11) is 0. The minimum absolute atomic E-state index is 0.102. The molecule has 3 rings (SSSR count). The zero-order chi connectivity index (χ0) is 18.4. The smallest absolute Gasteiger partial charge is 0.287 e. The Morgan fingerprint density at radius 1 is 1.19 bits per heavy atom. The van der Waals surface area contributed by atoms with Crippen molar-refractivity contribution in [2.45, 2.75) is 13.2 Å². The highest BCUT2D eigenvalue weighted by atomic mass is 19.1. The number of ether oxygens (including phenoxy) is 1. The van der Waals surface area contributed by atoms with Gasteiger partial charge in [-0.15, -0.1) is 0 Å². The van der Waals surface area contributed by atoms with Crippen molar-refractivity contribution in [2.75, 3.05) is 0 Å². The zero-order valence-corrected chi connectivity index (χ0v) is 13.6. The fourth-order valence-corrected chi connectivity index (χ4v) is 2.16. The minimum atomic E-state index is -0.548. The lowest BCUT2D eigenvalue weighted by Gasteiger charge is -2.07. The van der Waals surface area contributed by atoms with Crippen LogP contribution in [0, 0.1) is 5.82 Å². The second-order valence-electron chi connectivity index (χ2n) is 5.36. The highest BCUT2D eigenvalue weighted by Crippen LogP contribution is 2.12. The first kappa shape index (κ1) is 17.3. The number of rotatable bonds is 6. The summed E-state index contributed by atoms with van der Waals surface area (Å²) >= 11 is 0. The Morgan fingerprint density at radius 2 is 2.00 bits per heavy atom. The first-order valence-electron chi connectivity index (χ1n) is 7.80. The van der Waals surface area contributed by atoms with Crippen molar-refractivity contribution >= 4 is 5.91 Å². The van der Waals surface area contributed by atoms with Gasteiger partial charge in [0.25, 0.3) is 5.91 Å². The van der Waals surface area contributed by atoms with Crippen LogP contribution < -0.4 is 15.5 Å². The van der Waals surface area contributed by atoms with E-state index in [1.807, 2.05) is 0 Å². The highest BCUT2D eigenvalue weighted by molar-refractivity contribution is 5.91. The highest BCUT2D eigenvalue weighted by Gasteiger charge is 2.12. The molecule has 1 aromatic carbocycles. The molecule has 0 saturated heterocycles. The Bertz CT molecular complexity index is 957. The number of hydrogen-bond acceptors (Lipinski definition) is 5. The third-order valence-corrected chi connectivity index (χ3v) is 3.52. The standard InChI is InChI=1S/C19H15FN2O4/c20-15-7-2-1-5-13(15)11-25-18-12-26-17(9-16(18)23)19(24)22-10-14-6-3-4-8-21-14/h1-9,12H,10-11H2,(H,22,24). The van der Waals surface area contributed by atoms with Crippen molar-refractivity contribution in [3.8, 4) is 5.75 Å². The Hall–Kier alpha value is -3.48. The molecule has 132 valence electrons. The van der Waals surface area contributed by atoms with Gasteiger partial charge in [0.15, 0.2) is 5.76 Å². The molecule has 3 aromatic rings. The Balaban J connectivity index is 1.62. The summed E-state index contributed by atoms with van der Waals surface area (Å²) in [6, 6.07) is 12.4. The van der Waals surface area contributed by atoms with Crippen LogP contribution in [0.15, 0.2) is 70.2 Å². The number of nitrogens with one attached hydrogen (secondary N) is 1. The third-order valence-electron chi connectivity index (χ3n) is 3.52. The van der Waals surface area contributed by atoms with E-state index in [1.165, 1.54) is 6.07 Å². The predicted molar refractivity (Wildman–Crippen MR) is 91.1 cm³/mol. The zero-order valence-electron chi connectivity index (χ0n) is 13.6. The van der Waals surface area contributed by atoms with E-state index in [0.29, 0.717) is 11.3 Å². The van der Waals surface area contributed by atoms with Gasteiger partial charge in [0.2, 0.25) is 11.2 Å². The SMILES string of the molecule is O=C(NCc1ccccn1)c1cc(=O)c(OCc2ccccc2F)co1. The number of pyridine rings is 1. The molecular weight excluding hydrogens is 339 g/mol. The van der Waals surface area contributed by atoms with E-state index in [0.717, 1.165) is 12.3 Å². The van der Waals surface area contributed by atoms with E-state index in [9.17, 15) is 14.0 Å². The molecule has 1 N–H and O–H groups in total. The van der Waals surface area contributed by atoms with Crippen LogP contribution in [0.5, 0.6) is 5.75 Å². The van der Waals surface area contributed by atoms with Crippen molar-refractivity contribution in [1.29, 1.82) is 0 Å². The number of aromatic nitrogens is 1. The predicted octanol–water partition coefficient (Wildman–Crippen LogP) is 2.68. The number of benzene rings is 1. The van der Waals surface area contributed by atoms with Gasteiger partial charge in [-0.1, -0.05) is 24.3 Å². The lowest BCUT2D eigenvalue weighted by Crippen LogP contribution is -2.24. The van der Waals surface area contributed by atoms with Gasteiger partial charge in [-0.05, 0) is 18.2 Å². The second-order valence-corrected chi connectivity index (χ2v) is 5.36. The minimum Gasteiger partial charge on any atom is -0.482 e. The van der Waals surface area contributed by atoms with Crippen LogP contribution in [-0.2, 0) is 13.2 Å². The summed E-state index contributed by atoms with van der Waals surface area (Å²) in [6.45, 7) is 0.0809. The molecule has 0 bridgehead atoms. The molecule has 2 aromatic heterocycles. The van der Waals surface area contributed by atoms with Gasteiger partial charge in [0.05, 0.1) is 12.2 Å². The molecule has 0 radical (unpaired) electrons. The second kappa shape index (κ2) is 8.06. The van der Waals surface area contributed by atoms with Gasteiger partial charge in [-0.3, -0.25) is 14.6 Å². The van der Waals surface area contributed by atoms with E-state index >= 15 is 0 Å². The molecule has 7 heteroatoms. The van der Waals surface area contributed by atoms with Crippen LogP contribution in [0.1, 0.15) is 21.8 Å². The van der Waals surface area contributed by atoms with Crippen LogP contribution in [0.2, 0.25) is 0 Å². The average molecular weight is 354 g/mol. The van der Waals surface area contributed by atoms with Crippen LogP contribution >= 0.6 is 0 Å². The van der Waals surface area contributed by atoms with Gasteiger partial charge in [-0.2, -0.15) is 0 Å². The van der Waals surface area contributed by atoms with Crippen molar-refractivity contribution < 1.29 is 18.3 Å². The van der Waals surface area contributed by atoms with Gasteiger partial charge in [0.1, 0.15) is 18.7 Å². The maximum atomic E-state index is 13.5. The normalized spacial score (nSPS) is 10.3. The molecule has 0 unspecified atom stereocenters. The molecule has 0 atom stereocenters. The molecule has 0 spiro atoms. The summed E-state index contributed by atoms with van der Waals surface area (Å²) in [5.41, 5.74) is 0.452. The maximum absolute atomic E-state index is 13.5. The first-order valence-corrected chi connectivity index (χ1v) is 7.80. The van der Waals surface area contributed by atoms with Crippen molar-refractivity contribution in [3.05, 3.63) is 94.0 Å². The molecular formula is C19H15FN2O4. The summed E-state index contributed by atoms with van der Waals surface area (Å²) in [5.74, 6) is -1.23. The number of amides is 1. The van der Waals surface area contributed by atoms with E-state index in [2.05, 4.69) is 10.3 Å². The van der Waals surface area contributed by atoms with E-state index in [4.69, 9.17) is 9.15 Å². The van der Waals surface area contributed by atoms with Gasteiger partial charge < -0.3 is 14.5 Å². The van der Waals surface area contributed by atoms with Crippen molar-refractivity contribution in [2.24, 2.45) is 0 Å². The Labute approximate surface area is 148 Å². The summed E-state index contributed by atoms with van der Waals surface area (Å²) < 4.78 is 24.0. The van der Waals surface area contributed by atoms with Gasteiger partial charge in [0, 0.05) is 17.8 Å². The number of carbonyl (C=O) groups is 1. The van der Waals surface area contributed by atoms with E-state index < -0.39 is 17.2 Å². The molecule has 1 amide bonds. The Kier molecular flexibility index (Phi) is 5.38. The monoisotopic (exact) mass is 354 g/mol. The lowest BCUT2D eigenvalue weighted by atomic mass is 10.2. The molecule has 0 fully saturated rings. The van der Waals surface area contributed by atoms with Gasteiger partial charge >= 0.3 is 0 Å². The van der Waals surface area contributed by atoms with Crippen molar-refractivity contribution in [3.63, 3.8) is 0 Å². The molecule has 2 heterocycles. The van der Waals surface area contributed by atoms with Crippen LogP contribution in [0.25, 0.3) is 0 Å². The molecule has 26 heavy (non-hydrogen) atoms. The van der Waals surface area contributed by atoms with Crippen LogP contribution in [0.3, 0.4) is 0 Å². The molecule has 0 aliphatic carbocycles. The largest absolute Gasteiger partial charge is 0.482 e. The van der Waals surface area contributed by atoms with Crippen molar-refractivity contribution in [1.82, 2.24) is 10.3 Å². The number of carbonyl (C=O) groups excluding carboxylic acids is 1. The van der Waals surface area contributed by atoms with E-state index in [1.54, 1.807) is 42.6 Å². The molecule has 0 saturated carbocycles. The Morgan fingerprint density at radius 3 is 2.73 bits per heavy atom. The average Bonchev–Trinajstić information content (AvgIpc) is 2.67. The molecule has 6 nitrogen and oxygen atoms in total. The fraction of sp³-hybridized carbons (Fsp3) is 0.105. The molecule has 0 aliphatic heterocycles. The fourth-order valence-electron chi connectivity index (χ4n) is 2.16. The summed E-state index contributed by atoms with van der Waals surface area (Å²) in [5, 5.41) is 2.60. The summed E-state index contributed by atoms with van der Waals surface area (Å²) in [4.78, 5) is 28.2. The topological polar surface area (TPSA) is 81.4 Å². The lowest BCUT2D eigenvalue weighted by molar-refractivity contribution is 0.0919. The molecule has 0 aliphatic rings.